The van der Waals surface area contributed by atoms with Crippen LogP contribution in [-0.2, 0) is 14.4 Å². The maximum absolute atomic E-state index is 12.5. The summed E-state index contributed by atoms with van der Waals surface area (Å²) in [7, 11) is 0. The summed E-state index contributed by atoms with van der Waals surface area (Å²) >= 11 is 3.44. The molecule has 2 rings (SSSR count). The van der Waals surface area contributed by atoms with Crippen molar-refractivity contribution in [3.05, 3.63) is 51.5 Å². The number of amides is 3. The molecule has 0 saturated carbocycles. The van der Waals surface area contributed by atoms with Crippen molar-refractivity contribution in [2.45, 2.75) is 47.1 Å². The van der Waals surface area contributed by atoms with E-state index in [9.17, 15) is 14.4 Å². The number of nitrogens with zero attached hydrogens (tertiary/aromatic N) is 1. The molecule has 0 radical (unpaired) electrons. The van der Waals surface area contributed by atoms with E-state index in [0.717, 1.165) is 21.3 Å². The fraction of sp³-hybridized carbons (Fsp3) is 0.360. The first kappa shape index (κ1) is 27.8. The number of anilines is 1. The standard InChI is InChI=1S/C25H31BrN4O5/c1-6-17(5)28-24(32)25(33)30-27-13-18-8-9-20(21(12-18)34-7-2)35-14-22(31)29-23-15(3)10-19(26)11-16(23)4/h8-13,17H,6-7,14H2,1-5H3,(H,28,32)(H,29,31)(H,30,33)/b27-13-/t17-/m1/s1. The Kier molecular flexibility index (Phi) is 10.7. The highest BCUT2D eigenvalue weighted by Gasteiger charge is 2.15. The highest BCUT2D eigenvalue weighted by Crippen LogP contribution is 2.29. The number of ether oxygens (including phenoxy) is 2. The normalized spacial score (nSPS) is 11.6. The number of nitrogens with one attached hydrogen (secondary N) is 3. The van der Waals surface area contributed by atoms with Crippen molar-refractivity contribution in [2.75, 3.05) is 18.5 Å². The molecular weight excluding hydrogens is 516 g/mol. The van der Waals surface area contributed by atoms with E-state index in [0.29, 0.717) is 30.1 Å². The van der Waals surface area contributed by atoms with Crippen molar-refractivity contribution in [2.24, 2.45) is 5.10 Å². The van der Waals surface area contributed by atoms with E-state index in [1.54, 1.807) is 25.1 Å². The molecule has 35 heavy (non-hydrogen) atoms. The Hall–Kier alpha value is -3.40. The summed E-state index contributed by atoms with van der Waals surface area (Å²) in [5, 5.41) is 9.27. The van der Waals surface area contributed by atoms with Crippen LogP contribution in [0.15, 0.2) is 39.9 Å². The second-order valence-corrected chi connectivity index (χ2v) is 8.79. The monoisotopic (exact) mass is 546 g/mol. The lowest BCUT2D eigenvalue weighted by molar-refractivity contribution is -0.139. The predicted molar refractivity (Wildman–Crippen MR) is 139 cm³/mol. The minimum Gasteiger partial charge on any atom is -0.490 e. The smallest absolute Gasteiger partial charge is 0.329 e. The maximum Gasteiger partial charge on any atom is 0.329 e. The minimum absolute atomic E-state index is 0.108. The van der Waals surface area contributed by atoms with Crippen molar-refractivity contribution < 1.29 is 23.9 Å². The van der Waals surface area contributed by atoms with Crippen molar-refractivity contribution in [1.82, 2.24) is 10.7 Å². The third kappa shape index (κ3) is 8.71. The van der Waals surface area contributed by atoms with Crippen molar-refractivity contribution in [3.63, 3.8) is 0 Å². The Labute approximate surface area is 213 Å². The van der Waals surface area contributed by atoms with Gasteiger partial charge in [-0.25, -0.2) is 5.43 Å². The number of carbonyl (C=O) groups excluding carboxylic acids is 3. The third-order valence-electron chi connectivity index (χ3n) is 4.96. The molecule has 0 spiro atoms. The van der Waals surface area contributed by atoms with Crippen LogP contribution in [0.1, 0.15) is 43.9 Å². The Morgan fingerprint density at radius 1 is 1.03 bits per heavy atom. The fourth-order valence-electron chi connectivity index (χ4n) is 3.03. The highest BCUT2D eigenvalue weighted by molar-refractivity contribution is 9.10. The molecule has 2 aromatic rings. The topological polar surface area (TPSA) is 118 Å². The molecule has 0 fully saturated rings. The second-order valence-electron chi connectivity index (χ2n) is 7.87. The molecule has 3 N–H and O–H groups in total. The van der Waals surface area contributed by atoms with Crippen LogP contribution in [0, 0.1) is 13.8 Å². The second kappa shape index (κ2) is 13.5. The molecule has 9 nitrogen and oxygen atoms in total. The lowest BCUT2D eigenvalue weighted by Crippen LogP contribution is -2.41. The summed E-state index contributed by atoms with van der Waals surface area (Å²) in [6, 6.07) is 8.74. The van der Waals surface area contributed by atoms with Gasteiger partial charge in [0.15, 0.2) is 18.1 Å². The molecule has 10 heteroatoms. The van der Waals surface area contributed by atoms with Gasteiger partial charge in [-0.1, -0.05) is 22.9 Å². The number of hydrogen-bond donors (Lipinski definition) is 3. The van der Waals surface area contributed by atoms with Crippen molar-refractivity contribution >= 4 is 45.6 Å². The van der Waals surface area contributed by atoms with Gasteiger partial charge >= 0.3 is 11.8 Å². The minimum atomic E-state index is -0.853. The van der Waals surface area contributed by atoms with E-state index in [2.05, 4.69) is 37.1 Å². The van der Waals surface area contributed by atoms with E-state index in [1.807, 2.05) is 39.8 Å². The van der Waals surface area contributed by atoms with Gasteiger partial charge in [0.05, 0.1) is 12.8 Å². The van der Waals surface area contributed by atoms with Crippen LogP contribution in [0.2, 0.25) is 0 Å². The van der Waals surface area contributed by atoms with E-state index < -0.39 is 11.8 Å². The van der Waals surface area contributed by atoms with Crippen LogP contribution in [0.5, 0.6) is 11.5 Å². The Balaban J connectivity index is 2.00. The molecule has 3 amide bonds. The molecular formula is C25H31BrN4O5. The van der Waals surface area contributed by atoms with Gasteiger partial charge < -0.3 is 20.1 Å². The number of hydrogen-bond acceptors (Lipinski definition) is 6. The number of hydrazone groups is 1. The van der Waals surface area contributed by atoms with Gasteiger partial charge in [0, 0.05) is 16.2 Å². The molecule has 0 bridgehead atoms. The molecule has 2 aromatic carbocycles. The van der Waals surface area contributed by atoms with Crippen LogP contribution >= 0.6 is 15.9 Å². The Morgan fingerprint density at radius 2 is 1.71 bits per heavy atom. The van der Waals surface area contributed by atoms with Gasteiger partial charge in [0.1, 0.15) is 0 Å². The van der Waals surface area contributed by atoms with Crippen LogP contribution in [0.25, 0.3) is 0 Å². The molecule has 0 heterocycles. The first-order chi connectivity index (χ1) is 16.6. The van der Waals surface area contributed by atoms with Gasteiger partial charge in [-0.15, -0.1) is 0 Å². The zero-order chi connectivity index (χ0) is 26.0. The van der Waals surface area contributed by atoms with Gasteiger partial charge in [0.2, 0.25) is 0 Å². The summed E-state index contributed by atoms with van der Waals surface area (Å²) < 4.78 is 12.3. The molecule has 0 aromatic heterocycles. The van der Waals surface area contributed by atoms with Crippen molar-refractivity contribution in [3.8, 4) is 11.5 Å². The summed E-state index contributed by atoms with van der Waals surface area (Å²) in [4.78, 5) is 36.1. The van der Waals surface area contributed by atoms with Gasteiger partial charge in [0.25, 0.3) is 5.91 Å². The SMILES string of the molecule is CCOc1cc(/C=N\NC(=O)C(=O)N[C@H](C)CC)ccc1OCC(=O)Nc1c(C)cc(Br)cc1C. The molecule has 0 aliphatic carbocycles. The van der Waals surface area contributed by atoms with Crippen LogP contribution in [0.4, 0.5) is 5.69 Å². The molecule has 1 atom stereocenters. The number of benzene rings is 2. The predicted octanol–water partition coefficient (Wildman–Crippen LogP) is 3.85. The Bertz CT molecular complexity index is 1080. The first-order valence-electron chi connectivity index (χ1n) is 11.2. The van der Waals surface area contributed by atoms with Gasteiger partial charge in [-0.3, -0.25) is 14.4 Å². The number of aryl methyl sites for hydroxylation is 2. The highest BCUT2D eigenvalue weighted by atomic mass is 79.9. The molecule has 0 unspecified atom stereocenters. The molecule has 0 aliphatic rings. The molecule has 0 saturated heterocycles. The molecule has 188 valence electrons. The van der Waals surface area contributed by atoms with E-state index >= 15 is 0 Å². The lowest BCUT2D eigenvalue weighted by atomic mass is 10.1. The van der Waals surface area contributed by atoms with Crippen LogP contribution < -0.4 is 25.5 Å². The number of rotatable bonds is 10. The zero-order valence-electron chi connectivity index (χ0n) is 20.5. The van der Waals surface area contributed by atoms with E-state index in [4.69, 9.17) is 9.47 Å². The summed E-state index contributed by atoms with van der Waals surface area (Å²) in [5.41, 5.74) is 5.42. The number of carbonyl (C=O) groups is 3. The van der Waals surface area contributed by atoms with E-state index in [-0.39, 0.29) is 18.6 Å². The lowest BCUT2D eigenvalue weighted by Gasteiger charge is -2.14. The Morgan fingerprint density at radius 3 is 2.34 bits per heavy atom. The van der Waals surface area contributed by atoms with E-state index in [1.165, 1.54) is 6.21 Å². The summed E-state index contributed by atoms with van der Waals surface area (Å²) in [6.07, 6.45) is 2.09. The van der Waals surface area contributed by atoms with Gasteiger partial charge in [-0.2, -0.15) is 5.10 Å². The maximum atomic E-state index is 12.5. The largest absolute Gasteiger partial charge is 0.490 e. The number of halogens is 1. The average Bonchev–Trinajstić information content (AvgIpc) is 2.80. The van der Waals surface area contributed by atoms with Crippen LogP contribution in [-0.4, -0.2) is 43.2 Å². The quantitative estimate of drug-likeness (QED) is 0.237. The fourth-order valence-corrected chi connectivity index (χ4v) is 3.71. The third-order valence-corrected chi connectivity index (χ3v) is 5.42. The first-order valence-corrected chi connectivity index (χ1v) is 12.0. The average molecular weight is 547 g/mol. The summed E-state index contributed by atoms with van der Waals surface area (Å²) in [6.45, 7) is 9.55. The molecule has 0 aliphatic heterocycles. The zero-order valence-corrected chi connectivity index (χ0v) is 22.1. The van der Waals surface area contributed by atoms with Crippen LogP contribution in [0.3, 0.4) is 0 Å². The summed E-state index contributed by atoms with van der Waals surface area (Å²) in [5.74, 6) is -1.10. The van der Waals surface area contributed by atoms with Crippen molar-refractivity contribution in [1.29, 1.82) is 0 Å². The van der Waals surface area contributed by atoms with Gasteiger partial charge in [-0.05, 0) is 81.1 Å².